The first-order chi connectivity index (χ1) is 8.27. The monoisotopic (exact) mass is 240 g/mol. The molecule has 2 saturated heterocycles. The number of ether oxygens (including phenoxy) is 1. The molecule has 4 heteroatoms. The lowest BCUT2D eigenvalue weighted by molar-refractivity contribution is -0.132. The summed E-state index contributed by atoms with van der Waals surface area (Å²) in [5.74, 6) is 0.272. The molecule has 0 saturated carbocycles. The molecule has 2 atom stereocenters. The second-order valence-corrected chi connectivity index (χ2v) is 5.18. The van der Waals surface area contributed by atoms with E-state index in [1.807, 2.05) is 11.9 Å². The van der Waals surface area contributed by atoms with Gasteiger partial charge in [0, 0.05) is 32.7 Å². The van der Waals surface area contributed by atoms with E-state index >= 15 is 0 Å². The summed E-state index contributed by atoms with van der Waals surface area (Å²) in [6, 6.07) is 0.390. The van der Waals surface area contributed by atoms with Gasteiger partial charge in [-0.1, -0.05) is 0 Å². The third-order valence-electron chi connectivity index (χ3n) is 3.92. The van der Waals surface area contributed by atoms with Crippen LogP contribution in [0, 0.1) is 0 Å². The van der Waals surface area contributed by atoms with Gasteiger partial charge in [-0.2, -0.15) is 0 Å². The quantitative estimate of drug-likeness (QED) is 0.801. The second-order valence-electron chi connectivity index (χ2n) is 5.18. The molecule has 2 heterocycles. The smallest absolute Gasteiger partial charge is 0.222 e. The lowest BCUT2D eigenvalue weighted by Gasteiger charge is -2.32. The molecule has 98 valence electrons. The van der Waals surface area contributed by atoms with Crippen molar-refractivity contribution in [3.63, 3.8) is 0 Å². The Morgan fingerprint density at radius 1 is 1.41 bits per heavy atom. The lowest BCUT2D eigenvalue weighted by Crippen LogP contribution is -2.46. The average Bonchev–Trinajstić information content (AvgIpc) is 2.89. The van der Waals surface area contributed by atoms with Gasteiger partial charge in [-0.05, 0) is 38.6 Å². The highest BCUT2D eigenvalue weighted by atomic mass is 16.5. The molecule has 2 unspecified atom stereocenters. The number of nitrogens with one attached hydrogen (secondary N) is 1. The summed E-state index contributed by atoms with van der Waals surface area (Å²) >= 11 is 0. The maximum absolute atomic E-state index is 12.0. The van der Waals surface area contributed by atoms with E-state index in [1.165, 1.54) is 6.42 Å². The molecule has 2 fully saturated rings. The first kappa shape index (κ1) is 12.8. The van der Waals surface area contributed by atoms with E-state index in [2.05, 4.69) is 5.32 Å². The van der Waals surface area contributed by atoms with Crippen molar-refractivity contribution in [2.24, 2.45) is 0 Å². The summed E-state index contributed by atoms with van der Waals surface area (Å²) in [5, 5.41) is 3.35. The molecule has 0 radical (unpaired) electrons. The predicted octanol–water partition coefficient (Wildman–Crippen LogP) is 1.16. The minimum Gasteiger partial charge on any atom is -0.378 e. The molecule has 2 aliphatic rings. The van der Waals surface area contributed by atoms with E-state index in [9.17, 15) is 4.79 Å². The molecule has 0 spiro atoms. The highest BCUT2D eigenvalue weighted by Crippen LogP contribution is 2.18. The Bertz CT molecular complexity index is 246. The van der Waals surface area contributed by atoms with E-state index in [-0.39, 0.29) is 5.91 Å². The molecule has 2 aliphatic heterocycles. The number of amides is 1. The Morgan fingerprint density at radius 2 is 2.29 bits per heavy atom. The summed E-state index contributed by atoms with van der Waals surface area (Å²) in [6.45, 7) is 2.91. The van der Waals surface area contributed by atoms with Gasteiger partial charge >= 0.3 is 0 Å². The largest absolute Gasteiger partial charge is 0.378 e. The Morgan fingerprint density at radius 3 is 2.94 bits per heavy atom. The Labute approximate surface area is 104 Å². The van der Waals surface area contributed by atoms with Gasteiger partial charge in [0.15, 0.2) is 0 Å². The first-order valence-electron chi connectivity index (χ1n) is 6.85. The van der Waals surface area contributed by atoms with Gasteiger partial charge in [0.25, 0.3) is 0 Å². The normalized spacial score (nSPS) is 29.2. The third-order valence-corrected chi connectivity index (χ3v) is 3.92. The molecule has 0 bridgehead atoms. The summed E-state index contributed by atoms with van der Waals surface area (Å²) in [6.07, 6.45) is 6.45. The fourth-order valence-electron chi connectivity index (χ4n) is 2.70. The summed E-state index contributed by atoms with van der Waals surface area (Å²) in [4.78, 5) is 14.0. The van der Waals surface area contributed by atoms with Crippen LogP contribution >= 0.6 is 0 Å². The number of piperidine rings is 1. The standard InChI is InChI=1S/C13H24N2O2/c1-15(11-4-2-8-14-10-11)13(16)7-6-12-5-3-9-17-12/h11-12,14H,2-10H2,1H3. The van der Waals surface area contributed by atoms with E-state index in [1.54, 1.807) is 0 Å². The SMILES string of the molecule is CN(C(=O)CCC1CCCO1)C1CCCNC1. The summed E-state index contributed by atoms with van der Waals surface area (Å²) < 4.78 is 5.55. The zero-order valence-corrected chi connectivity index (χ0v) is 10.8. The maximum atomic E-state index is 12.0. The Balaban J connectivity index is 1.70. The van der Waals surface area contributed by atoms with Crippen molar-refractivity contribution >= 4 is 5.91 Å². The number of hydrogen-bond acceptors (Lipinski definition) is 3. The van der Waals surface area contributed by atoms with Crippen molar-refractivity contribution in [1.82, 2.24) is 10.2 Å². The van der Waals surface area contributed by atoms with Crippen LogP contribution in [0.3, 0.4) is 0 Å². The van der Waals surface area contributed by atoms with Crippen LogP contribution in [0.25, 0.3) is 0 Å². The fraction of sp³-hybridized carbons (Fsp3) is 0.923. The van der Waals surface area contributed by atoms with Crippen molar-refractivity contribution < 1.29 is 9.53 Å². The van der Waals surface area contributed by atoms with Gasteiger partial charge in [0.2, 0.25) is 5.91 Å². The van der Waals surface area contributed by atoms with Gasteiger partial charge in [0.1, 0.15) is 0 Å². The number of rotatable bonds is 4. The topological polar surface area (TPSA) is 41.6 Å². The van der Waals surface area contributed by atoms with Gasteiger partial charge in [-0.25, -0.2) is 0 Å². The molecule has 1 N–H and O–H groups in total. The number of likely N-dealkylation sites (N-methyl/N-ethyl adjacent to an activating group) is 1. The average molecular weight is 240 g/mol. The number of hydrogen-bond donors (Lipinski definition) is 1. The molecule has 1 amide bonds. The minimum absolute atomic E-state index is 0.272. The van der Waals surface area contributed by atoms with E-state index in [0.717, 1.165) is 45.4 Å². The molecule has 0 aromatic rings. The van der Waals surface area contributed by atoms with Gasteiger partial charge in [0.05, 0.1) is 6.10 Å². The molecular formula is C13H24N2O2. The van der Waals surface area contributed by atoms with Crippen molar-refractivity contribution in [3.05, 3.63) is 0 Å². The zero-order valence-electron chi connectivity index (χ0n) is 10.8. The molecule has 0 aromatic heterocycles. The van der Waals surface area contributed by atoms with Crippen molar-refractivity contribution in [2.45, 2.75) is 50.7 Å². The number of nitrogens with zero attached hydrogens (tertiary/aromatic N) is 1. The lowest BCUT2D eigenvalue weighted by atomic mass is 10.1. The van der Waals surface area contributed by atoms with Crippen LogP contribution in [0.2, 0.25) is 0 Å². The van der Waals surface area contributed by atoms with Crippen LogP contribution in [-0.2, 0) is 9.53 Å². The van der Waals surface area contributed by atoms with Crippen LogP contribution < -0.4 is 5.32 Å². The van der Waals surface area contributed by atoms with E-state index in [0.29, 0.717) is 18.6 Å². The molecule has 0 aliphatic carbocycles. The van der Waals surface area contributed by atoms with Gasteiger partial charge in [-0.3, -0.25) is 4.79 Å². The third kappa shape index (κ3) is 3.68. The molecular weight excluding hydrogens is 216 g/mol. The Hall–Kier alpha value is -0.610. The molecule has 17 heavy (non-hydrogen) atoms. The maximum Gasteiger partial charge on any atom is 0.222 e. The number of carbonyl (C=O) groups excluding carboxylic acids is 1. The highest BCUT2D eigenvalue weighted by Gasteiger charge is 2.23. The zero-order chi connectivity index (χ0) is 12.1. The van der Waals surface area contributed by atoms with Crippen LogP contribution in [0.15, 0.2) is 0 Å². The van der Waals surface area contributed by atoms with Gasteiger partial charge in [-0.15, -0.1) is 0 Å². The first-order valence-corrected chi connectivity index (χ1v) is 6.85. The van der Waals surface area contributed by atoms with Crippen LogP contribution in [-0.4, -0.2) is 49.7 Å². The molecule has 2 rings (SSSR count). The van der Waals surface area contributed by atoms with Crippen LogP contribution in [0.5, 0.6) is 0 Å². The predicted molar refractivity (Wildman–Crippen MR) is 66.9 cm³/mol. The van der Waals surface area contributed by atoms with Gasteiger partial charge < -0.3 is 15.0 Å². The van der Waals surface area contributed by atoms with Crippen molar-refractivity contribution in [2.75, 3.05) is 26.7 Å². The van der Waals surface area contributed by atoms with E-state index in [4.69, 9.17) is 4.74 Å². The molecule has 4 nitrogen and oxygen atoms in total. The number of carbonyl (C=O) groups is 1. The fourth-order valence-corrected chi connectivity index (χ4v) is 2.70. The highest BCUT2D eigenvalue weighted by molar-refractivity contribution is 5.76. The second kappa shape index (κ2) is 6.36. The minimum atomic E-state index is 0.272. The van der Waals surface area contributed by atoms with Crippen LogP contribution in [0.4, 0.5) is 0 Å². The van der Waals surface area contributed by atoms with E-state index < -0.39 is 0 Å². The Kier molecular flexibility index (Phi) is 4.80. The summed E-state index contributed by atoms with van der Waals surface area (Å²) in [7, 11) is 1.94. The van der Waals surface area contributed by atoms with Crippen LogP contribution in [0.1, 0.15) is 38.5 Å². The summed E-state index contributed by atoms with van der Waals surface area (Å²) in [5.41, 5.74) is 0. The van der Waals surface area contributed by atoms with Crippen molar-refractivity contribution in [3.8, 4) is 0 Å². The molecule has 0 aromatic carbocycles. The van der Waals surface area contributed by atoms with Crippen molar-refractivity contribution in [1.29, 1.82) is 0 Å².